The van der Waals surface area contributed by atoms with Gasteiger partial charge in [-0.1, -0.05) is 0 Å². The number of nitrogens with one attached hydrogen (secondary N) is 1. The number of hydrogen-bond donors (Lipinski definition) is 1. The van der Waals surface area contributed by atoms with E-state index in [4.69, 9.17) is 0 Å². The van der Waals surface area contributed by atoms with Gasteiger partial charge in [0.05, 0.1) is 17.7 Å². The molecule has 0 saturated carbocycles. The summed E-state index contributed by atoms with van der Waals surface area (Å²) in [6, 6.07) is 0.566. The van der Waals surface area contributed by atoms with E-state index in [0.29, 0.717) is 6.04 Å². The SMILES string of the molecule is CC(C)N(C)Cc1ncn2c1CNCCC2. The molecule has 1 aliphatic heterocycles. The summed E-state index contributed by atoms with van der Waals surface area (Å²) in [5.74, 6) is 0. The first-order chi connectivity index (χ1) is 7.68. The highest BCUT2D eigenvalue weighted by Gasteiger charge is 2.15. The fourth-order valence-corrected chi connectivity index (χ4v) is 1.98. The quantitative estimate of drug-likeness (QED) is 0.834. The van der Waals surface area contributed by atoms with Gasteiger partial charge in [0, 0.05) is 25.7 Å². The first kappa shape index (κ1) is 11.6. The van der Waals surface area contributed by atoms with Crippen LogP contribution in [0.2, 0.25) is 0 Å². The predicted octanol–water partition coefficient (Wildman–Crippen LogP) is 1.22. The van der Waals surface area contributed by atoms with E-state index in [1.165, 1.54) is 17.8 Å². The molecular formula is C12H22N4. The first-order valence-corrected chi connectivity index (χ1v) is 6.12. The lowest BCUT2D eigenvalue weighted by molar-refractivity contribution is 0.262. The third-order valence-electron chi connectivity index (χ3n) is 3.36. The van der Waals surface area contributed by atoms with Crippen molar-refractivity contribution in [3.8, 4) is 0 Å². The molecule has 0 saturated heterocycles. The number of hydrogen-bond acceptors (Lipinski definition) is 3. The van der Waals surface area contributed by atoms with Gasteiger partial charge in [0.1, 0.15) is 0 Å². The van der Waals surface area contributed by atoms with Crippen molar-refractivity contribution in [2.45, 2.75) is 45.9 Å². The molecule has 4 heteroatoms. The van der Waals surface area contributed by atoms with Gasteiger partial charge in [-0.3, -0.25) is 4.90 Å². The molecule has 1 aromatic heterocycles. The number of nitrogens with zero attached hydrogens (tertiary/aromatic N) is 3. The van der Waals surface area contributed by atoms with Crippen LogP contribution in [0.25, 0.3) is 0 Å². The molecule has 0 fully saturated rings. The fraction of sp³-hybridized carbons (Fsp3) is 0.750. The molecule has 0 bridgehead atoms. The second kappa shape index (κ2) is 4.97. The Morgan fingerprint density at radius 3 is 3.12 bits per heavy atom. The van der Waals surface area contributed by atoms with Crippen molar-refractivity contribution in [1.82, 2.24) is 19.8 Å². The third-order valence-corrected chi connectivity index (χ3v) is 3.36. The lowest BCUT2D eigenvalue weighted by Crippen LogP contribution is -2.26. The number of aromatic nitrogens is 2. The van der Waals surface area contributed by atoms with Gasteiger partial charge in [0.15, 0.2) is 0 Å². The Kier molecular flexibility index (Phi) is 3.61. The molecule has 0 atom stereocenters. The zero-order valence-corrected chi connectivity index (χ0v) is 10.5. The molecular weight excluding hydrogens is 200 g/mol. The van der Waals surface area contributed by atoms with Crippen LogP contribution in [0.3, 0.4) is 0 Å². The molecule has 90 valence electrons. The maximum Gasteiger partial charge on any atom is 0.0952 e. The molecule has 4 nitrogen and oxygen atoms in total. The third kappa shape index (κ3) is 2.44. The summed E-state index contributed by atoms with van der Waals surface area (Å²) in [4.78, 5) is 6.87. The minimum atomic E-state index is 0.566. The highest BCUT2D eigenvalue weighted by Crippen LogP contribution is 2.13. The zero-order valence-electron chi connectivity index (χ0n) is 10.5. The van der Waals surface area contributed by atoms with Crippen molar-refractivity contribution in [1.29, 1.82) is 0 Å². The maximum absolute atomic E-state index is 4.54. The largest absolute Gasteiger partial charge is 0.333 e. The summed E-state index contributed by atoms with van der Waals surface area (Å²) in [7, 11) is 2.15. The highest BCUT2D eigenvalue weighted by molar-refractivity contribution is 5.14. The van der Waals surface area contributed by atoms with E-state index in [0.717, 1.165) is 26.2 Å². The van der Waals surface area contributed by atoms with Crippen LogP contribution in [-0.4, -0.2) is 34.1 Å². The summed E-state index contributed by atoms with van der Waals surface area (Å²) in [5.41, 5.74) is 2.59. The van der Waals surface area contributed by atoms with Gasteiger partial charge < -0.3 is 9.88 Å². The minimum Gasteiger partial charge on any atom is -0.333 e. The van der Waals surface area contributed by atoms with Crippen molar-refractivity contribution < 1.29 is 0 Å². The molecule has 0 amide bonds. The first-order valence-electron chi connectivity index (χ1n) is 6.12. The molecule has 16 heavy (non-hydrogen) atoms. The highest BCUT2D eigenvalue weighted by atomic mass is 15.2. The number of fused-ring (bicyclic) bond motifs is 1. The number of aryl methyl sites for hydroxylation is 1. The van der Waals surface area contributed by atoms with Crippen LogP contribution in [0.4, 0.5) is 0 Å². The van der Waals surface area contributed by atoms with Crippen molar-refractivity contribution in [2.24, 2.45) is 0 Å². The van der Waals surface area contributed by atoms with Gasteiger partial charge in [0.25, 0.3) is 0 Å². The van der Waals surface area contributed by atoms with E-state index in [1.807, 2.05) is 6.33 Å². The van der Waals surface area contributed by atoms with Crippen molar-refractivity contribution in [3.63, 3.8) is 0 Å². The second-order valence-electron chi connectivity index (χ2n) is 4.87. The number of imidazole rings is 1. The van der Waals surface area contributed by atoms with E-state index in [9.17, 15) is 0 Å². The molecule has 1 aliphatic rings. The van der Waals surface area contributed by atoms with E-state index in [1.54, 1.807) is 0 Å². The predicted molar refractivity (Wildman–Crippen MR) is 65.2 cm³/mol. The zero-order chi connectivity index (χ0) is 11.5. The monoisotopic (exact) mass is 222 g/mol. The van der Waals surface area contributed by atoms with Gasteiger partial charge in [-0.25, -0.2) is 4.98 Å². The van der Waals surface area contributed by atoms with Crippen LogP contribution in [0.5, 0.6) is 0 Å². The smallest absolute Gasteiger partial charge is 0.0952 e. The van der Waals surface area contributed by atoms with Crippen molar-refractivity contribution >= 4 is 0 Å². The van der Waals surface area contributed by atoms with Gasteiger partial charge in [-0.15, -0.1) is 0 Å². The summed E-state index contributed by atoms with van der Waals surface area (Å²) >= 11 is 0. The Morgan fingerprint density at radius 1 is 1.56 bits per heavy atom. The molecule has 0 aromatic carbocycles. The molecule has 2 heterocycles. The Bertz CT molecular complexity index is 343. The molecule has 0 spiro atoms. The van der Waals surface area contributed by atoms with Gasteiger partial charge >= 0.3 is 0 Å². The Morgan fingerprint density at radius 2 is 2.38 bits per heavy atom. The summed E-state index contributed by atoms with van der Waals surface area (Å²) in [6.07, 6.45) is 3.19. The van der Waals surface area contributed by atoms with Crippen LogP contribution >= 0.6 is 0 Å². The maximum atomic E-state index is 4.54. The standard InChI is InChI=1S/C12H22N4/c1-10(2)15(3)8-11-12-7-13-5-4-6-16(12)9-14-11/h9-10,13H,4-8H2,1-3H3. The summed E-state index contributed by atoms with van der Waals surface area (Å²) < 4.78 is 2.30. The van der Waals surface area contributed by atoms with Crippen molar-refractivity contribution in [2.75, 3.05) is 13.6 Å². The minimum absolute atomic E-state index is 0.566. The second-order valence-corrected chi connectivity index (χ2v) is 4.87. The van der Waals surface area contributed by atoms with Gasteiger partial charge in [0.2, 0.25) is 0 Å². The van der Waals surface area contributed by atoms with Gasteiger partial charge in [-0.2, -0.15) is 0 Å². The van der Waals surface area contributed by atoms with Crippen LogP contribution in [0.1, 0.15) is 31.7 Å². The Hall–Kier alpha value is -0.870. The van der Waals surface area contributed by atoms with Crippen LogP contribution in [0.15, 0.2) is 6.33 Å². The normalized spacial score (nSPS) is 16.6. The molecule has 1 N–H and O–H groups in total. The van der Waals surface area contributed by atoms with Crippen molar-refractivity contribution in [3.05, 3.63) is 17.7 Å². The molecule has 1 aromatic rings. The Balaban J connectivity index is 2.13. The van der Waals surface area contributed by atoms with E-state index in [2.05, 4.69) is 40.7 Å². The fourth-order valence-electron chi connectivity index (χ4n) is 1.98. The lowest BCUT2D eigenvalue weighted by Gasteiger charge is -2.20. The number of rotatable bonds is 3. The average Bonchev–Trinajstić information content (AvgIpc) is 2.50. The van der Waals surface area contributed by atoms with Crippen LogP contribution < -0.4 is 5.32 Å². The van der Waals surface area contributed by atoms with Crippen LogP contribution in [-0.2, 0) is 19.6 Å². The summed E-state index contributed by atoms with van der Waals surface area (Å²) in [5, 5.41) is 3.45. The van der Waals surface area contributed by atoms with Gasteiger partial charge in [-0.05, 0) is 33.9 Å². The topological polar surface area (TPSA) is 33.1 Å². The molecule has 0 radical (unpaired) electrons. The molecule has 0 unspecified atom stereocenters. The lowest BCUT2D eigenvalue weighted by atomic mass is 10.2. The molecule has 2 rings (SSSR count). The van der Waals surface area contributed by atoms with E-state index >= 15 is 0 Å². The van der Waals surface area contributed by atoms with E-state index in [-0.39, 0.29) is 0 Å². The Labute approximate surface area is 97.7 Å². The average molecular weight is 222 g/mol. The van der Waals surface area contributed by atoms with Crippen LogP contribution in [0, 0.1) is 0 Å². The van der Waals surface area contributed by atoms with E-state index < -0.39 is 0 Å². The molecule has 0 aliphatic carbocycles. The summed E-state index contributed by atoms with van der Waals surface area (Å²) in [6.45, 7) is 8.55.